The van der Waals surface area contributed by atoms with Crippen molar-refractivity contribution in [2.24, 2.45) is 0 Å². The quantitative estimate of drug-likeness (QED) is 0.866. The number of ether oxygens (including phenoxy) is 2. The number of methoxy groups -OCH3 is 2. The molecule has 0 aliphatic rings. The Balaban J connectivity index is 2.71. The van der Waals surface area contributed by atoms with Crippen molar-refractivity contribution < 1.29 is 18.7 Å². The Hall–Kier alpha value is -2.85. The molecule has 2 N–H and O–H groups in total. The summed E-state index contributed by atoms with van der Waals surface area (Å²) in [5, 5.41) is 8.87. The first-order valence-corrected chi connectivity index (χ1v) is 6.63. The van der Waals surface area contributed by atoms with Crippen molar-refractivity contribution in [1.29, 1.82) is 5.26 Å². The van der Waals surface area contributed by atoms with Gasteiger partial charge in [0.25, 0.3) is 0 Å². The van der Waals surface area contributed by atoms with Gasteiger partial charge in [0.1, 0.15) is 6.07 Å². The number of nitriles is 1. The zero-order chi connectivity index (χ0) is 17.1. The zero-order valence-corrected chi connectivity index (χ0v) is 12.9. The van der Waals surface area contributed by atoms with E-state index in [2.05, 4.69) is 9.72 Å². The molecular formula is C15H11ClFN3O3. The third-order valence-electron chi connectivity index (χ3n) is 3.06. The fourth-order valence-corrected chi connectivity index (χ4v) is 2.13. The van der Waals surface area contributed by atoms with E-state index in [0.717, 1.165) is 7.11 Å². The van der Waals surface area contributed by atoms with Crippen LogP contribution in [0.5, 0.6) is 5.75 Å². The van der Waals surface area contributed by atoms with Gasteiger partial charge in [-0.05, 0) is 18.2 Å². The molecule has 0 unspecified atom stereocenters. The molecule has 2 aromatic rings. The van der Waals surface area contributed by atoms with E-state index in [4.69, 9.17) is 27.3 Å². The third kappa shape index (κ3) is 2.89. The van der Waals surface area contributed by atoms with Crippen molar-refractivity contribution in [2.45, 2.75) is 0 Å². The maximum Gasteiger partial charge on any atom is 0.358 e. The van der Waals surface area contributed by atoms with Crippen molar-refractivity contribution in [3.63, 3.8) is 0 Å². The van der Waals surface area contributed by atoms with E-state index in [-0.39, 0.29) is 39.0 Å². The van der Waals surface area contributed by atoms with Crippen LogP contribution in [0.25, 0.3) is 11.3 Å². The van der Waals surface area contributed by atoms with Crippen molar-refractivity contribution in [3.05, 3.63) is 40.3 Å². The van der Waals surface area contributed by atoms with Crippen molar-refractivity contribution in [2.75, 3.05) is 20.0 Å². The lowest BCUT2D eigenvalue weighted by molar-refractivity contribution is 0.0594. The van der Waals surface area contributed by atoms with E-state index in [0.29, 0.717) is 0 Å². The van der Waals surface area contributed by atoms with Gasteiger partial charge in [-0.15, -0.1) is 0 Å². The van der Waals surface area contributed by atoms with Crippen molar-refractivity contribution in [1.82, 2.24) is 4.98 Å². The van der Waals surface area contributed by atoms with Crippen molar-refractivity contribution >= 4 is 23.3 Å². The van der Waals surface area contributed by atoms with Gasteiger partial charge in [0, 0.05) is 5.56 Å². The van der Waals surface area contributed by atoms with E-state index in [1.807, 2.05) is 6.07 Å². The summed E-state index contributed by atoms with van der Waals surface area (Å²) >= 11 is 5.92. The molecule has 6 nitrogen and oxygen atoms in total. The molecule has 1 aromatic carbocycles. The molecule has 118 valence electrons. The largest absolute Gasteiger partial charge is 0.492 e. The van der Waals surface area contributed by atoms with Crippen LogP contribution in [0.2, 0.25) is 5.02 Å². The smallest absolute Gasteiger partial charge is 0.358 e. The Kier molecular flexibility index (Phi) is 4.67. The van der Waals surface area contributed by atoms with Crippen LogP contribution in [-0.4, -0.2) is 25.2 Å². The Labute approximate surface area is 136 Å². The normalized spacial score (nSPS) is 10.0. The molecule has 0 aliphatic heterocycles. The molecule has 2 rings (SSSR count). The maximum atomic E-state index is 14.5. The Morgan fingerprint density at radius 1 is 1.43 bits per heavy atom. The summed E-state index contributed by atoms with van der Waals surface area (Å²) in [4.78, 5) is 15.7. The Bertz CT molecular complexity index is 834. The molecule has 0 bridgehead atoms. The maximum absolute atomic E-state index is 14.5. The summed E-state index contributed by atoms with van der Waals surface area (Å²) < 4.78 is 24.0. The van der Waals surface area contributed by atoms with Crippen LogP contribution >= 0.6 is 11.6 Å². The molecule has 0 atom stereocenters. The lowest BCUT2D eigenvalue weighted by Gasteiger charge is -2.11. The summed E-state index contributed by atoms with van der Waals surface area (Å²) in [6.45, 7) is 0. The molecule has 0 radical (unpaired) electrons. The molecule has 0 fully saturated rings. The van der Waals surface area contributed by atoms with Crippen LogP contribution in [0.3, 0.4) is 0 Å². The SMILES string of the molecule is COC(=O)c1nc(-c2ccc(C#N)c(OC)c2F)cc(N)c1Cl. The standard InChI is InChI=1S/C15H11ClFN3O3/c1-22-14-7(6-18)3-4-8(12(14)17)10-5-9(19)11(16)13(20-10)15(21)23-2/h3-5H,1-2H3,(H2,19,20). The number of hydrogen-bond donors (Lipinski definition) is 1. The van der Waals surface area contributed by atoms with Crippen LogP contribution in [0.15, 0.2) is 18.2 Å². The average Bonchev–Trinajstić information content (AvgIpc) is 2.56. The average molecular weight is 336 g/mol. The number of nitrogens with two attached hydrogens (primary N) is 1. The summed E-state index contributed by atoms with van der Waals surface area (Å²) in [5.41, 5.74) is 5.66. The van der Waals surface area contributed by atoms with E-state index in [1.165, 1.54) is 25.3 Å². The zero-order valence-electron chi connectivity index (χ0n) is 12.2. The summed E-state index contributed by atoms with van der Waals surface area (Å²) in [7, 11) is 2.40. The first-order chi connectivity index (χ1) is 10.9. The number of carbonyl (C=O) groups is 1. The number of carbonyl (C=O) groups excluding carboxylic acids is 1. The summed E-state index contributed by atoms with van der Waals surface area (Å²) in [6, 6.07) is 5.85. The number of anilines is 1. The molecule has 1 aromatic heterocycles. The molecule has 0 amide bonds. The lowest BCUT2D eigenvalue weighted by atomic mass is 10.1. The first-order valence-electron chi connectivity index (χ1n) is 6.25. The molecule has 0 aliphatic carbocycles. The topological polar surface area (TPSA) is 98.2 Å². The third-order valence-corrected chi connectivity index (χ3v) is 3.46. The summed E-state index contributed by atoms with van der Waals surface area (Å²) in [6.07, 6.45) is 0. The number of rotatable bonds is 3. The molecular weight excluding hydrogens is 325 g/mol. The Morgan fingerprint density at radius 2 is 2.13 bits per heavy atom. The van der Waals surface area contributed by atoms with Gasteiger partial charge in [0.2, 0.25) is 0 Å². The van der Waals surface area contributed by atoms with Gasteiger partial charge in [-0.2, -0.15) is 5.26 Å². The molecule has 23 heavy (non-hydrogen) atoms. The highest BCUT2D eigenvalue weighted by atomic mass is 35.5. The van der Waals surface area contributed by atoms with Crippen LogP contribution in [0.4, 0.5) is 10.1 Å². The molecule has 0 saturated carbocycles. The van der Waals surface area contributed by atoms with Crippen LogP contribution in [0, 0.1) is 17.1 Å². The van der Waals surface area contributed by atoms with Crippen LogP contribution < -0.4 is 10.5 Å². The minimum Gasteiger partial charge on any atom is -0.492 e. The first kappa shape index (κ1) is 16.5. The van der Waals surface area contributed by atoms with Gasteiger partial charge in [0.05, 0.1) is 36.2 Å². The summed E-state index contributed by atoms with van der Waals surface area (Å²) in [5.74, 6) is -1.82. The fraction of sp³-hybridized carbons (Fsp3) is 0.133. The van der Waals surface area contributed by atoms with Gasteiger partial charge in [-0.3, -0.25) is 0 Å². The highest BCUT2D eigenvalue weighted by Gasteiger charge is 2.21. The van der Waals surface area contributed by atoms with Gasteiger partial charge >= 0.3 is 5.97 Å². The second-order valence-electron chi connectivity index (χ2n) is 4.37. The van der Waals surface area contributed by atoms with Gasteiger partial charge in [-0.1, -0.05) is 11.6 Å². The van der Waals surface area contributed by atoms with Crippen LogP contribution in [0.1, 0.15) is 16.1 Å². The van der Waals surface area contributed by atoms with E-state index in [9.17, 15) is 9.18 Å². The lowest BCUT2D eigenvalue weighted by Crippen LogP contribution is -2.08. The number of nitrogen functional groups attached to an aromatic ring is 1. The number of esters is 1. The molecule has 0 saturated heterocycles. The highest BCUT2D eigenvalue weighted by molar-refractivity contribution is 6.35. The molecule has 0 spiro atoms. The van der Waals surface area contributed by atoms with Gasteiger partial charge in [0.15, 0.2) is 17.3 Å². The Morgan fingerprint density at radius 3 is 2.70 bits per heavy atom. The number of pyridine rings is 1. The van der Waals surface area contributed by atoms with Crippen LogP contribution in [-0.2, 0) is 4.74 Å². The van der Waals surface area contributed by atoms with Gasteiger partial charge in [-0.25, -0.2) is 14.2 Å². The number of nitrogens with zero attached hydrogens (tertiary/aromatic N) is 2. The monoisotopic (exact) mass is 335 g/mol. The number of halogens is 2. The second kappa shape index (κ2) is 6.50. The number of hydrogen-bond acceptors (Lipinski definition) is 6. The van der Waals surface area contributed by atoms with Crippen molar-refractivity contribution in [3.8, 4) is 23.1 Å². The van der Waals surface area contributed by atoms with Gasteiger partial charge < -0.3 is 15.2 Å². The van der Waals surface area contributed by atoms with E-state index >= 15 is 0 Å². The van der Waals surface area contributed by atoms with E-state index < -0.39 is 11.8 Å². The minimum absolute atomic E-state index is 0.00868. The number of benzene rings is 1. The van der Waals surface area contributed by atoms with E-state index in [1.54, 1.807) is 0 Å². The molecule has 1 heterocycles. The fourth-order valence-electron chi connectivity index (χ4n) is 1.96. The predicted molar refractivity (Wildman–Crippen MR) is 81.7 cm³/mol. The predicted octanol–water partition coefficient (Wildman–Crippen LogP) is 2.79. The minimum atomic E-state index is -0.801. The second-order valence-corrected chi connectivity index (χ2v) is 4.75. The highest BCUT2D eigenvalue weighted by Crippen LogP contribution is 2.34. The molecule has 8 heteroatoms. The number of aromatic nitrogens is 1.